The molecule has 1 N–H and O–H groups in total. The Morgan fingerprint density at radius 3 is 2.46 bits per heavy atom. The highest BCUT2D eigenvalue weighted by Crippen LogP contribution is 2.37. The number of rotatable bonds is 2. The van der Waals surface area contributed by atoms with Crippen molar-refractivity contribution in [3.63, 3.8) is 0 Å². The van der Waals surface area contributed by atoms with E-state index in [9.17, 15) is 0 Å². The highest BCUT2D eigenvalue weighted by atomic mass is 15.0. The van der Waals surface area contributed by atoms with Gasteiger partial charge in [0, 0.05) is 6.04 Å². The Kier molecular flexibility index (Phi) is 2.73. The highest BCUT2D eigenvalue weighted by Gasteiger charge is 2.36. The second-order valence-corrected chi connectivity index (χ2v) is 5.35. The second kappa shape index (κ2) is 3.35. The average molecular weight is 179 g/mol. The van der Waals surface area contributed by atoms with Gasteiger partial charge in [0.05, 0.1) is 5.54 Å². The molecule has 1 rings (SSSR count). The first-order valence-electron chi connectivity index (χ1n) is 5.13. The third kappa shape index (κ3) is 2.48. The van der Waals surface area contributed by atoms with Gasteiger partial charge in [0.2, 0.25) is 0 Å². The van der Waals surface area contributed by atoms with Crippen LogP contribution in [0.25, 0.3) is 0 Å². The zero-order chi connectivity index (χ0) is 10.1. The maximum absolute atomic E-state index is 5.46. The lowest BCUT2D eigenvalue weighted by Crippen LogP contribution is -2.49. The molecule has 0 spiro atoms. The third-order valence-corrected chi connectivity index (χ3v) is 3.15. The van der Waals surface area contributed by atoms with E-state index in [0.29, 0.717) is 11.5 Å². The molecule has 1 unspecified atom stereocenters. The van der Waals surface area contributed by atoms with E-state index < -0.39 is 0 Å². The normalized spacial score (nSPS) is 27.2. The summed E-state index contributed by atoms with van der Waals surface area (Å²) in [7, 11) is 0. The summed E-state index contributed by atoms with van der Waals surface area (Å²) in [6, 6.07) is 0.582. The third-order valence-electron chi connectivity index (χ3n) is 3.15. The molecule has 0 aromatic heterocycles. The Hall–Kier alpha value is -0.480. The second-order valence-electron chi connectivity index (χ2n) is 5.35. The van der Waals surface area contributed by atoms with Crippen molar-refractivity contribution in [2.24, 2.45) is 5.41 Å². The van der Waals surface area contributed by atoms with Crippen molar-refractivity contribution >= 4 is 0 Å². The molecule has 0 aromatic rings. The first kappa shape index (κ1) is 10.6. The van der Waals surface area contributed by atoms with E-state index in [1.165, 1.54) is 19.3 Å². The van der Waals surface area contributed by atoms with Gasteiger partial charge in [-0.15, -0.1) is 6.42 Å². The molecule has 0 aromatic carbocycles. The maximum atomic E-state index is 5.46. The molecule has 1 fully saturated rings. The Morgan fingerprint density at radius 1 is 1.46 bits per heavy atom. The van der Waals surface area contributed by atoms with Gasteiger partial charge in [0.15, 0.2) is 0 Å². The molecule has 1 nitrogen and oxygen atoms in total. The van der Waals surface area contributed by atoms with Crippen LogP contribution in [0.5, 0.6) is 0 Å². The zero-order valence-electron chi connectivity index (χ0n) is 9.28. The quantitative estimate of drug-likeness (QED) is 0.642. The van der Waals surface area contributed by atoms with Crippen LogP contribution < -0.4 is 5.32 Å². The summed E-state index contributed by atoms with van der Waals surface area (Å²) in [6.45, 7) is 8.79. The first-order chi connectivity index (χ1) is 5.87. The predicted octanol–water partition coefficient (Wildman–Crippen LogP) is 2.57. The minimum absolute atomic E-state index is 0.160. The Balaban J connectivity index is 2.60. The maximum Gasteiger partial charge on any atom is 0.0743 e. The number of hydrogen-bond acceptors (Lipinski definition) is 1. The van der Waals surface area contributed by atoms with Gasteiger partial charge in [-0.25, -0.2) is 0 Å². The van der Waals surface area contributed by atoms with Gasteiger partial charge in [-0.3, -0.25) is 5.32 Å². The van der Waals surface area contributed by atoms with Crippen LogP contribution in [-0.2, 0) is 0 Å². The molecule has 0 amide bonds. The van der Waals surface area contributed by atoms with Gasteiger partial charge in [-0.2, -0.15) is 0 Å². The Labute approximate surface area is 82.3 Å². The number of hydrogen-bond donors (Lipinski definition) is 1. The molecule has 1 heteroatoms. The fraction of sp³-hybridized carbons (Fsp3) is 0.833. The monoisotopic (exact) mass is 179 g/mol. The van der Waals surface area contributed by atoms with Gasteiger partial charge >= 0.3 is 0 Å². The molecule has 1 atom stereocenters. The van der Waals surface area contributed by atoms with Crippen molar-refractivity contribution in [1.29, 1.82) is 0 Å². The molecule has 74 valence electrons. The van der Waals surface area contributed by atoms with Gasteiger partial charge in [0.1, 0.15) is 0 Å². The summed E-state index contributed by atoms with van der Waals surface area (Å²) in [5, 5.41) is 3.56. The topological polar surface area (TPSA) is 12.0 Å². The lowest BCUT2D eigenvalue weighted by atomic mass is 9.86. The van der Waals surface area contributed by atoms with E-state index in [1.807, 2.05) is 0 Å². The van der Waals surface area contributed by atoms with Gasteiger partial charge in [-0.05, 0) is 32.1 Å². The highest BCUT2D eigenvalue weighted by molar-refractivity contribution is 5.10. The van der Waals surface area contributed by atoms with E-state index in [-0.39, 0.29) is 5.54 Å². The van der Waals surface area contributed by atoms with Crippen LogP contribution in [0.3, 0.4) is 0 Å². The summed E-state index contributed by atoms with van der Waals surface area (Å²) < 4.78 is 0. The minimum atomic E-state index is -0.160. The first-order valence-corrected chi connectivity index (χ1v) is 5.13. The van der Waals surface area contributed by atoms with E-state index in [0.717, 1.165) is 0 Å². The Bertz CT molecular complexity index is 220. The number of nitrogens with one attached hydrogen (secondary N) is 1. The van der Waals surface area contributed by atoms with Crippen LogP contribution in [0.2, 0.25) is 0 Å². The minimum Gasteiger partial charge on any atom is -0.298 e. The van der Waals surface area contributed by atoms with Crippen LogP contribution in [0.15, 0.2) is 0 Å². The van der Waals surface area contributed by atoms with Crippen LogP contribution >= 0.6 is 0 Å². The van der Waals surface area contributed by atoms with Crippen molar-refractivity contribution in [2.45, 2.75) is 58.5 Å². The van der Waals surface area contributed by atoms with Crippen molar-refractivity contribution in [2.75, 3.05) is 0 Å². The van der Waals surface area contributed by atoms with Crippen LogP contribution in [0.1, 0.15) is 47.0 Å². The molecule has 0 heterocycles. The smallest absolute Gasteiger partial charge is 0.0743 e. The SMILES string of the molecule is C#CC(C)(C)NC1CCCC1(C)C. The molecule has 0 radical (unpaired) electrons. The lowest BCUT2D eigenvalue weighted by molar-refractivity contribution is 0.250. The molecule has 13 heavy (non-hydrogen) atoms. The Morgan fingerprint density at radius 2 is 2.08 bits per heavy atom. The van der Waals surface area contributed by atoms with Crippen LogP contribution in [0, 0.1) is 17.8 Å². The van der Waals surface area contributed by atoms with Gasteiger partial charge in [0.25, 0.3) is 0 Å². The molecule has 0 aliphatic heterocycles. The number of terminal acetylenes is 1. The van der Waals surface area contributed by atoms with Crippen LogP contribution in [-0.4, -0.2) is 11.6 Å². The van der Waals surface area contributed by atoms with Gasteiger partial charge in [-0.1, -0.05) is 26.2 Å². The van der Waals surface area contributed by atoms with E-state index in [2.05, 4.69) is 38.9 Å². The summed E-state index contributed by atoms with van der Waals surface area (Å²) in [4.78, 5) is 0. The van der Waals surface area contributed by atoms with E-state index in [1.54, 1.807) is 0 Å². The predicted molar refractivity (Wildman–Crippen MR) is 57.5 cm³/mol. The van der Waals surface area contributed by atoms with E-state index >= 15 is 0 Å². The van der Waals surface area contributed by atoms with Crippen molar-refractivity contribution in [1.82, 2.24) is 5.32 Å². The standard InChI is InChI=1S/C12H21N/c1-6-12(4,5)13-10-8-7-9-11(10,2)3/h1,10,13H,7-9H2,2-5H3. The largest absolute Gasteiger partial charge is 0.298 e. The average Bonchev–Trinajstić information content (AvgIpc) is 2.31. The molecular weight excluding hydrogens is 158 g/mol. The zero-order valence-corrected chi connectivity index (χ0v) is 9.28. The van der Waals surface area contributed by atoms with Crippen LogP contribution in [0.4, 0.5) is 0 Å². The summed E-state index contributed by atoms with van der Waals surface area (Å²) in [5.74, 6) is 2.79. The van der Waals surface area contributed by atoms with Gasteiger partial charge < -0.3 is 0 Å². The van der Waals surface area contributed by atoms with E-state index in [4.69, 9.17) is 6.42 Å². The molecule has 1 aliphatic carbocycles. The molecule has 0 bridgehead atoms. The molecule has 1 aliphatic rings. The summed E-state index contributed by atoms with van der Waals surface area (Å²) in [6.07, 6.45) is 9.36. The molecule has 1 saturated carbocycles. The van der Waals surface area contributed by atoms with Crippen molar-refractivity contribution < 1.29 is 0 Å². The molecular formula is C12H21N. The summed E-state index contributed by atoms with van der Waals surface area (Å²) in [5.41, 5.74) is 0.250. The fourth-order valence-electron chi connectivity index (χ4n) is 2.07. The summed E-state index contributed by atoms with van der Waals surface area (Å²) >= 11 is 0. The van der Waals surface area contributed by atoms with Crippen molar-refractivity contribution in [3.05, 3.63) is 0 Å². The molecule has 0 saturated heterocycles. The van der Waals surface area contributed by atoms with Crippen molar-refractivity contribution in [3.8, 4) is 12.3 Å². The fourth-order valence-corrected chi connectivity index (χ4v) is 2.07. The lowest BCUT2D eigenvalue weighted by Gasteiger charge is -2.33.